The minimum absolute atomic E-state index is 0.499. The van der Waals surface area contributed by atoms with Crippen LogP contribution in [0, 0.1) is 5.92 Å². The number of ether oxygens (including phenoxy) is 1. The van der Waals surface area contributed by atoms with Gasteiger partial charge >= 0.3 is 0 Å². The van der Waals surface area contributed by atoms with Crippen LogP contribution in [0.15, 0.2) is 18.2 Å². The molecule has 0 aromatic heterocycles. The summed E-state index contributed by atoms with van der Waals surface area (Å²) in [5.74, 6) is 0.646. The van der Waals surface area contributed by atoms with Crippen LogP contribution in [0.4, 0.5) is 0 Å². The molecule has 0 bridgehead atoms. The number of primary amides is 1. The van der Waals surface area contributed by atoms with Gasteiger partial charge in [-0.15, -0.1) is 0 Å². The number of hydrogen-bond acceptors (Lipinski definition) is 3. The molecule has 1 amide bonds. The number of carbonyl (C=O) groups excluding carboxylic acids is 1. The molecule has 0 fully saturated rings. The van der Waals surface area contributed by atoms with Crippen LogP contribution in [0.2, 0.25) is 5.02 Å². The Balaban J connectivity index is 2.80. The maximum absolute atomic E-state index is 11.1. The molecule has 1 aromatic rings. The molecule has 0 saturated carbocycles. The fourth-order valence-electron chi connectivity index (χ4n) is 1.56. The van der Waals surface area contributed by atoms with E-state index in [2.05, 4.69) is 19.2 Å². The minimum Gasteiger partial charge on any atom is -0.481 e. The van der Waals surface area contributed by atoms with E-state index >= 15 is 0 Å². The van der Waals surface area contributed by atoms with Gasteiger partial charge in [0.2, 0.25) is 0 Å². The molecule has 0 aliphatic heterocycles. The molecule has 1 aromatic carbocycles. The van der Waals surface area contributed by atoms with Gasteiger partial charge in [0.1, 0.15) is 5.75 Å². The molecule has 5 heteroatoms. The molecule has 0 aliphatic carbocycles. The minimum atomic E-state index is -0.678. The van der Waals surface area contributed by atoms with Gasteiger partial charge in [0.05, 0.1) is 0 Å². The maximum atomic E-state index is 11.1. The summed E-state index contributed by atoms with van der Waals surface area (Å²) in [7, 11) is 0. The fraction of sp³-hybridized carbons (Fsp3) is 0.500. The van der Waals surface area contributed by atoms with E-state index < -0.39 is 12.0 Å². The molecule has 1 rings (SSSR count). The molecule has 0 spiro atoms. The first-order valence-electron chi connectivity index (χ1n) is 6.36. The van der Waals surface area contributed by atoms with E-state index in [0.717, 1.165) is 12.1 Å². The number of nitrogens with one attached hydrogen (secondary N) is 1. The van der Waals surface area contributed by atoms with Gasteiger partial charge in [-0.3, -0.25) is 4.79 Å². The van der Waals surface area contributed by atoms with Gasteiger partial charge < -0.3 is 15.8 Å². The molecule has 0 saturated heterocycles. The van der Waals surface area contributed by atoms with E-state index in [9.17, 15) is 4.79 Å². The lowest BCUT2D eigenvalue weighted by Gasteiger charge is -2.17. The van der Waals surface area contributed by atoms with Gasteiger partial charge in [0, 0.05) is 17.1 Å². The smallest absolute Gasteiger partial charge is 0.258 e. The summed E-state index contributed by atoms with van der Waals surface area (Å²) >= 11 is 6.17. The Morgan fingerprint density at radius 2 is 2.11 bits per heavy atom. The van der Waals surface area contributed by atoms with Crippen molar-refractivity contribution < 1.29 is 9.53 Å². The second kappa shape index (κ2) is 7.36. The van der Waals surface area contributed by atoms with Crippen LogP contribution < -0.4 is 15.8 Å². The first-order chi connectivity index (χ1) is 8.91. The van der Waals surface area contributed by atoms with Crippen LogP contribution in [0.1, 0.15) is 26.3 Å². The van der Waals surface area contributed by atoms with E-state index in [1.807, 2.05) is 0 Å². The summed E-state index contributed by atoms with van der Waals surface area (Å²) in [4.78, 5) is 11.1. The largest absolute Gasteiger partial charge is 0.481 e. The highest BCUT2D eigenvalue weighted by Crippen LogP contribution is 2.27. The highest BCUT2D eigenvalue weighted by molar-refractivity contribution is 6.31. The number of amides is 1. The van der Waals surface area contributed by atoms with Crippen LogP contribution in [0.3, 0.4) is 0 Å². The zero-order valence-corrected chi connectivity index (χ0v) is 12.3. The molecule has 0 heterocycles. The highest BCUT2D eigenvalue weighted by Gasteiger charge is 2.14. The molecular formula is C14H21ClN2O2. The molecule has 1 unspecified atom stereocenters. The monoisotopic (exact) mass is 284 g/mol. The molecule has 1 atom stereocenters. The molecule has 0 radical (unpaired) electrons. The van der Waals surface area contributed by atoms with Gasteiger partial charge in [0.25, 0.3) is 5.91 Å². The summed E-state index contributed by atoms with van der Waals surface area (Å²) in [6.07, 6.45) is -0.678. The summed E-state index contributed by atoms with van der Waals surface area (Å²) in [5, 5.41) is 3.92. The van der Waals surface area contributed by atoms with E-state index in [0.29, 0.717) is 23.2 Å². The highest BCUT2D eigenvalue weighted by atomic mass is 35.5. The topological polar surface area (TPSA) is 64.3 Å². The third-order valence-electron chi connectivity index (χ3n) is 2.63. The Bertz CT molecular complexity index is 435. The average molecular weight is 285 g/mol. The summed E-state index contributed by atoms with van der Waals surface area (Å²) in [6.45, 7) is 7.36. The quantitative estimate of drug-likeness (QED) is 0.808. The Morgan fingerprint density at radius 3 is 2.68 bits per heavy atom. The number of carbonyl (C=O) groups is 1. The zero-order valence-electron chi connectivity index (χ0n) is 11.6. The van der Waals surface area contributed by atoms with Crippen LogP contribution in [-0.4, -0.2) is 18.6 Å². The molecule has 19 heavy (non-hydrogen) atoms. The standard InChI is InChI=1S/C14H21ClN2O2/c1-9(2)7-17-8-11-12(15)5-4-6-13(11)19-10(3)14(16)18/h4-6,9-10,17H,7-8H2,1-3H3,(H2,16,18). The number of hydrogen-bond donors (Lipinski definition) is 2. The second-order valence-corrected chi connectivity index (χ2v) is 5.31. The van der Waals surface area contributed by atoms with Gasteiger partial charge in [-0.25, -0.2) is 0 Å². The molecule has 0 aliphatic rings. The maximum Gasteiger partial charge on any atom is 0.258 e. The summed E-state index contributed by atoms with van der Waals surface area (Å²) < 4.78 is 5.55. The van der Waals surface area contributed by atoms with Crippen molar-refractivity contribution in [3.63, 3.8) is 0 Å². The molecular weight excluding hydrogens is 264 g/mol. The number of benzene rings is 1. The molecule has 106 valence electrons. The SMILES string of the molecule is CC(C)CNCc1c(Cl)cccc1OC(C)C(N)=O. The van der Waals surface area contributed by atoms with Crippen molar-refractivity contribution >= 4 is 17.5 Å². The fourth-order valence-corrected chi connectivity index (χ4v) is 1.79. The Hall–Kier alpha value is -1.26. The summed E-state index contributed by atoms with van der Waals surface area (Å²) in [5.41, 5.74) is 6.04. The van der Waals surface area contributed by atoms with Gasteiger partial charge in [-0.2, -0.15) is 0 Å². The van der Waals surface area contributed by atoms with Gasteiger partial charge in [-0.05, 0) is 31.5 Å². The van der Waals surface area contributed by atoms with Crippen molar-refractivity contribution in [2.45, 2.75) is 33.4 Å². The Kier molecular flexibility index (Phi) is 6.12. The first kappa shape index (κ1) is 15.8. The van der Waals surface area contributed by atoms with E-state index in [-0.39, 0.29) is 0 Å². The second-order valence-electron chi connectivity index (χ2n) is 4.90. The van der Waals surface area contributed by atoms with E-state index in [1.54, 1.807) is 25.1 Å². The third-order valence-corrected chi connectivity index (χ3v) is 2.99. The van der Waals surface area contributed by atoms with Crippen molar-refractivity contribution in [3.8, 4) is 5.75 Å². The van der Waals surface area contributed by atoms with E-state index in [4.69, 9.17) is 22.1 Å². The third kappa shape index (κ3) is 5.09. The predicted octanol–water partition coefficient (Wildman–Crippen LogP) is 2.34. The van der Waals surface area contributed by atoms with Crippen LogP contribution in [-0.2, 0) is 11.3 Å². The lowest BCUT2D eigenvalue weighted by molar-refractivity contribution is -0.124. The van der Waals surface area contributed by atoms with Crippen molar-refractivity contribution in [2.24, 2.45) is 11.7 Å². The number of rotatable bonds is 7. The van der Waals surface area contributed by atoms with Crippen LogP contribution >= 0.6 is 11.6 Å². The Labute approximate surface area is 119 Å². The van der Waals surface area contributed by atoms with Gasteiger partial charge in [0.15, 0.2) is 6.10 Å². The average Bonchev–Trinajstić information content (AvgIpc) is 2.32. The normalized spacial score (nSPS) is 12.5. The molecule has 3 N–H and O–H groups in total. The van der Waals surface area contributed by atoms with Crippen LogP contribution in [0.25, 0.3) is 0 Å². The number of halogens is 1. The summed E-state index contributed by atoms with van der Waals surface area (Å²) in [6, 6.07) is 5.38. The van der Waals surface area contributed by atoms with Crippen molar-refractivity contribution in [1.82, 2.24) is 5.32 Å². The van der Waals surface area contributed by atoms with Crippen LogP contribution in [0.5, 0.6) is 5.75 Å². The lowest BCUT2D eigenvalue weighted by atomic mass is 10.1. The van der Waals surface area contributed by atoms with E-state index in [1.165, 1.54) is 0 Å². The van der Waals surface area contributed by atoms with Crippen molar-refractivity contribution in [3.05, 3.63) is 28.8 Å². The van der Waals surface area contributed by atoms with Gasteiger partial charge in [-0.1, -0.05) is 31.5 Å². The van der Waals surface area contributed by atoms with Crippen molar-refractivity contribution in [2.75, 3.05) is 6.54 Å². The first-order valence-corrected chi connectivity index (χ1v) is 6.73. The Morgan fingerprint density at radius 1 is 1.42 bits per heavy atom. The van der Waals surface area contributed by atoms with Crippen molar-refractivity contribution in [1.29, 1.82) is 0 Å². The predicted molar refractivity (Wildman–Crippen MR) is 77.3 cm³/mol. The number of nitrogens with two attached hydrogens (primary N) is 1. The lowest BCUT2D eigenvalue weighted by Crippen LogP contribution is -2.31. The molecule has 4 nitrogen and oxygen atoms in total. The zero-order chi connectivity index (χ0) is 14.4.